The quantitative estimate of drug-likeness (QED) is 0.693. The zero-order chi connectivity index (χ0) is 14.4. The number of urea groups is 1. The predicted molar refractivity (Wildman–Crippen MR) is 70.1 cm³/mol. The van der Waals surface area contributed by atoms with Crippen LogP contribution in [0.3, 0.4) is 0 Å². The molecule has 0 bridgehead atoms. The van der Waals surface area contributed by atoms with Gasteiger partial charge in [-0.3, -0.25) is 4.79 Å². The van der Waals surface area contributed by atoms with E-state index in [0.29, 0.717) is 6.54 Å². The number of carboxylic acid groups (broad SMARTS) is 1. The first-order chi connectivity index (χ1) is 8.91. The van der Waals surface area contributed by atoms with Crippen LogP contribution in [0.25, 0.3) is 0 Å². The van der Waals surface area contributed by atoms with E-state index in [9.17, 15) is 9.59 Å². The van der Waals surface area contributed by atoms with Gasteiger partial charge in [0.25, 0.3) is 0 Å². The first kappa shape index (κ1) is 15.7. The van der Waals surface area contributed by atoms with Gasteiger partial charge in [0, 0.05) is 13.6 Å². The SMILES string of the molecule is CN(C)CCCN(C)C(=O)NC1COCC1C(=O)O. The molecule has 1 aliphatic rings. The Balaban J connectivity index is 2.35. The van der Waals surface area contributed by atoms with Crippen molar-refractivity contribution in [2.45, 2.75) is 12.5 Å². The first-order valence-corrected chi connectivity index (χ1v) is 6.38. The lowest BCUT2D eigenvalue weighted by molar-refractivity contribution is -0.142. The summed E-state index contributed by atoms with van der Waals surface area (Å²) in [6, 6.07) is -0.693. The van der Waals surface area contributed by atoms with Crippen molar-refractivity contribution in [3.05, 3.63) is 0 Å². The lowest BCUT2D eigenvalue weighted by atomic mass is 10.0. The van der Waals surface area contributed by atoms with Gasteiger partial charge in [-0.05, 0) is 27.1 Å². The van der Waals surface area contributed by atoms with Gasteiger partial charge in [-0.2, -0.15) is 0 Å². The normalized spacial score (nSPS) is 22.5. The van der Waals surface area contributed by atoms with Gasteiger partial charge in [0.05, 0.1) is 19.3 Å². The minimum absolute atomic E-state index is 0.157. The van der Waals surface area contributed by atoms with E-state index in [2.05, 4.69) is 10.2 Å². The Morgan fingerprint density at radius 2 is 1.95 bits per heavy atom. The number of carboxylic acids is 1. The molecule has 0 radical (unpaired) electrons. The van der Waals surface area contributed by atoms with Crippen LogP contribution in [0.2, 0.25) is 0 Å². The van der Waals surface area contributed by atoms with Gasteiger partial charge in [0.1, 0.15) is 5.92 Å². The van der Waals surface area contributed by atoms with E-state index >= 15 is 0 Å². The van der Waals surface area contributed by atoms with Crippen molar-refractivity contribution in [3.63, 3.8) is 0 Å². The molecule has 19 heavy (non-hydrogen) atoms. The van der Waals surface area contributed by atoms with Crippen LogP contribution >= 0.6 is 0 Å². The first-order valence-electron chi connectivity index (χ1n) is 6.38. The smallest absolute Gasteiger partial charge is 0.317 e. The number of hydrogen-bond donors (Lipinski definition) is 2. The van der Waals surface area contributed by atoms with Gasteiger partial charge in [0.15, 0.2) is 0 Å². The number of rotatable bonds is 6. The van der Waals surface area contributed by atoms with E-state index in [1.807, 2.05) is 14.1 Å². The maximum absolute atomic E-state index is 11.9. The second-order valence-corrected chi connectivity index (χ2v) is 5.12. The number of hydrogen-bond acceptors (Lipinski definition) is 4. The second-order valence-electron chi connectivity index (χ2n) is 5.12. The van der Waals surface area contributed by atoms with Crippen molar-refractivity contribution in [1.29, 1.82) is 0 Å². The molecule has 1 aliphatic heterocycles. The summed E-state index contributed by atoms with van der Waals surface area (Å²) >= 11 is 0. The van der Waals surface area contributed by atoms with Gasteiger partial charge in [-0.1, -0.05) is 0 Å². The van der Waals surface area contributed by atoms with Gasteiger partial charge >= 0.3 is 12.0 Å². The molecule has 2 unspecified atom stereocenters. The molecule has 2 atom stereocenters. The summed E-state index contributed by atoms with van der Waals surface area (Å²) in [4.78, 5) is 26.5. The van der Waals surface area contributed by atoms with Crippen LogP contribution in [0.15, 0.2) is 0 Å². The molecular formula is C12H23N3O4. The van der Waals surface area contributed by atoms with Crippen molar-refractivity contribution in [1.82, 2.24) is 15.1 Å². The summed E-state index contributed by atoms with van der Waals surface area (Å²) in [6.07, 6.45) is 0.875. The van der Waals surface area contributed by atoms with Crippen molar-refractivity contribution < 1.29 is 19.4 Å². The van der Waals surface area contributed by atoms with Gasteiger partial charge in [-0.25, -0.2) is 4.79 Å². The summed E-state index contributed by atoms with van der Waals surface area (Å²) < 4.78 is 5.10. The molecule has 0 saturated carbocycles. The standard InChI is InChI=1S/C12H23N3O4/c1-14(2)5-4-6-15(3)12(18)13-10-8-19-7-9(10)11(16)17/h9-10H,4-8H2,1-3H3,(H,13,18)(H,16,17). The van der Waals surface area contributed by atoms with Crippen LogP contribution in [0.1, 0.15) is 6.42 Å². The Hall–Kier alpha value is -1.34. The third-order valence-corrected chi connectivity index (χ3v) is 3.15. The summed E-state index contributed by atoms with van der Waals surface area (Å²) in [6.45, 7) is 1.95. The highest BCUT2D eigenvalue weighted by atomic mass is 16.5. The van der Waals surface area contributed by atoms with E-state index in [-0.39, 0.29) is 19.2 Å². The van der Waals surface area contributed by atoms with Gasteiger partial charge in [-0.15, -0.1) is 0 Å². The molecule has 1 heterocycles. The predicted octanol–water partition coefficient (Wildman–Crippen LogP) is -0.321. The Bertz CT molecular complexity index is 322. The largest absolute Gasteiger partial charge is 0.481 e. The Morgan fingerprint density at radius 3 is 2.53 bits per heavy atom. The number of nitrogens with zero attached hydrogens (tertiary/aromatic N) is 2. The van der Waals surface area contributed by atoms with Crippen LogP contribution in [-0.2, 0) is 9.53 Å². The van der Waals surface area contributed by atoms with Crippen LogP contribution in [0.4, 0.5) is 4.79 Å². The summed E-state index contributed by atoms with van der Waals surface area (Å²) in [5.41, 5.74) is 0. The zero-order valence-corrected chi connectivity index (χ0v) is 11.8. The summed E-state index contributed by atoms with van der Waals surface area (Å²) in [7, 11) is 5.66. The van der Waals surface area contributed by atoms with E-state index in [1.54, 1.807) is 11.9 Å². The molecule has 0 aromatic rings. The molecule has 0 spiro atoms. The lowest BCUT2D eigenvalue weighted by Gasteiger charge is -2.22. The number of carbonyl (C=O) groups excluding carboxylic acids is 1. The molecule has 2 N–H and O–H groups in total. The third-order valence-electron chi connectivity index (χ3n) is 3.15. The second kappa shape index (κ2) is 7.30. The highest BCUT2D eigenvalue weighted by molar-refractivity contribution is 5.77. The van der Waals surface area contributed by atoms with Gasteiger partial charge < -0.3 is 25.0 Å². The van der Waals surface area contributed by atoms with Crippen LogP contribution in [-0.4, -0.2) is 80.4 Å². The number of nitrogens with one attached hydrogen (secondary N) is 1. The zero-order valence-electron chi connectivity index (χ0n) is 11.8. The van der Waals surface area contributed by atoms with Crippen molar-refractivity contribution in [2.75, 3.05) is 47.4 Å². The molecule has 110 valence electrons. The monoisotopic (exact) mass is 273 g/mol. The summed E-state index contributed by atoms with van der Waals surface area (Å²) in [5, 5.41) is 11.7. The minimum atomic E-state index is -0.932. The molecule has 0 aromatic carbocycles. The van der Waals surface area contributed by atoms with E-state index < -0.39 is 17.9 Å². The van der Waals surface area contributed by atoms with Crippen LogP contribution in [0.5, 0.6) is 0 Å². The topological polar surface area (TPSA) is 82.1 Å². The fourth-order valence-corrected chi connectivity index (χ4v) is 1.93. The molecule has 1 fully saturated rings. The average Bonchev–Trinajstić information content (AvgIpc) is 2.76. The molecule has 1 rings (SSSR count). The fourth-order valence-electron chi connectivity index (χ4n) is 1.93. The molecule has 7 heteroatoms. The van der Waals surface area contributed by atoms with Crippen LogP contribution in [0, 0.1) is 5.92 Å². The number of carbonyl (C=O) groups is 2. The Labute approximate surface area is 113 Å². The van der Waals surface area contributed by atoms with E-state index in [0.717, 1.165) is 13.0 Å². The fraction of sp³-hybridized carbons (Fsp3) is 0.833. The maximum atomic E-state index is 11.9. The van der Waals surface area contributed by atoms with Crippen LogP contribution < -0.4 is 5.32 Å². The molecule has 0 aliphatic carbocycles. The Kier molecular flexibility index (Phi) is 6.04. The highest BCUT2D eigenvalue weighted by Crippen LogP contribution is 2.14. The summed E-state index contributed by atoms with van der Waals surface area (Å²) in [5.74, 6) is -1.59. The number of amides is 2. The Morgan fingerprint density at radius 1 is 1.26 bits per heavy atom. The highest BCUT2D eigenvalue weighted by Gasteiger charge is 2.35. The molecule has 7 nitrogen and oxygen atoms in total. The number of aliphatic carboxylic acids is 1. The van der Waals surface area contributed by atoms with Crippen molar-refractivity contribution in [2.24, 2.45) is 5.92 Å². The lowest BCUT2D eigenvalue weighted by Crippen LogP contribution is -2.48. The number of ether oxygens (including phenoxy) is 1. The maximum Gasteiger partial charge on any atom is 0.317 e. The van der Waals surface area contributed by atoms with Gasteiger partial charge in [0.2, 0.25) is 0 Å². The van der Waals surface area contributed by atoms with Crippen molar-refractivity contribution in [3.8, 4) is 0 Å². The van der Waals surface area contributed by atoms with E-state index in [4.69, 9.17) is 9.84 Å². The minimum Gasteiger partial charge on any atom is -0.481 e. The third kappa shape index (κ3) is 5.04. The molecule has 2 amide bonds. The average molecular weight is 273 g/mol. The van der Waals surface area contributed by atoms with E-state index in [1.165, 1.54) is 0 Å². The molecule has 0 aromatic heterocycles. The van der Waals surface area contributed by atoms with Crippen molar-refractivity contribution >= 4 is 12.0 Å². The molecular weight excluding hydrogens is 250 g/mol. The molecule has 1 saturated heterocycles.